The SMILES string of the molecule is Cn1nccc1NS(=O)(=O)c1ccc(N)c(Cl)c1. The van der Waals surface area contributed by atoms with Crippen LogP contribution < -0.4 is 10.5 Å². The first-order chi connectivity index (χ1) is 8.40. The van der Waals surface area contributed by atoms with Crippen LogP contribution in [0, 0.1) is 0 Å². The van der Waals surface area contributed by atoms with Crippen molar-refractivity contribution < 1.29 is 8.42 Å². The van der Waals surface area contributed by atoms with E-state index in [0.717, 1.165) is 0 Å². The summed E-state index contributed by atoms with van der Waals surface area (Å²) in [6, 6.07) is 5.69. The molecule has 6 nitrogen and oxygen atoms in total. The summed E-state index contributed by atoms with van der Waals surface area (Å²) >= 11 is 5.80. The van der Waals surface area contributed by atoms with E-state index < -0.39 is 10.0 Å². The highest BCUT2D eigenvalue weighted by atomic mass is 35.5. The molecule has 0 spiro atoms. The molecule has 0 radical (unpaired) electrons. The quantitative estimate of drug-likeness (QED) is 0.836. The van der Waals surface area contributed by atoms with Crippen molar-refractivity contribution in [2.24, 2.45) is 7.05 Å². The largest absolute Gasteiger partial charge is 0.398 e. The van der Waals surface area contributed by atoms with Gasteiger partial charge in [0.1, 0.15) is 5.82 Å². The Morgan fingerprint density at radius 2 is 2.11 bits per heavy atom. The van der Waals surface area contributed by atoms with Crippen molar-refractivity contribution in [2.45, 2.75) is 4.90 Å². The Bertz CT molecular complexity index is 681. The van der Waals surface area contributed by atoms with Gasteiger partial charge < -0.3 is 5.73 Å². The third-order valence-corrected chi connectivity index (χ3v) is 4.02. The molecule has 0 amide bonds. The predicted molar refractivity (Wildman–Crippen MR) is 69.9 cm³/mol. The highest BCUT2D eigenvalue weighted by Crippen LogP contribution is 2.23. The second-order valence-electron chi connectivity index (χ2n) is 3.63. The lowest BCUT2D eigenvalue weighted by atomic mass is 10.3. The molecule has 8 heteroatoms. The number of anilines is 2. The molecule has 0 saturated heterocycles. The zero-order valence-corrected chi connectivity index (χ0v) is 11.0. The Balaban J connectivity index is 2.37. The van der Waals surface area contributed by atoms with Gasteiger partial charge in [0.15, 0.2) is 0 Å². The zero-order valence-electron chi connectivity index (χ0n) is 9.46. The summed E-state index contributed by atoms with van der Waals surface area (Å²) in [6.45, 7) is 0. The lowest BCUT2D eigenvalue weighted by Crippen LogP contribution is -2.15. The van der Waals surface area contributed by atoms with Gasteiger partial charge in [0.05, 0.1) is 21.8 Å². The molecule has 1 aromatic carbocycles. The van der Waals surface area contributed by atoms with Crippen molar-refractivity contribution >= 4 is 33.1 Å². The normalized spacial score (nSPS) is 11.4. The number of hydrogen-bond acceptors (Lipinski definition) is 4. The summed E-state index contributed by atoms with van der Waals surface area (Å²) in [5.41, 5.74) is 5.86. The molecule has 0 bridgehead atoms. The zero-order chi connectivity index (χ0) is 13.3. The van der Waals surface area contributed by atoms with Gasteiger partial charge in [-0.15, -0.1) is 0 Å². The first kappa shape index (κ1) is 12.7. The van der Waals surface area contributed by atoms with Crippen molar-refractivity contribution in [3.8, 4) is 0 Å². The minimum absolute atomic E-state index is 0.0444. The van der Waals surface area contributed by atoms with Crippen LogP contribution in [0.25, 0.3) is 0 Å². The van der Waals surface area contributed by atoms with E-state index >= 15 is 0 Å². The molecule has 0 fully saturated rings. The topological polar surface area (TPSA) is 90.0 Å². The number of nitrogen functional groups attached to an aromatic ring is 1. The summed E-state index contributed by atoms with van der Waals surface area (Å²) in [7, 11) is -2.06. The fourth-order valence-corrected chi connectivity index (χ4v) is 2.70. The number of nitrogens with two attached hydrogens (primary N) is 1. The summed E-state index contributed by atoms with van der Waals surface area (Å²) < 4.78 is 27.9. The summed E-state index contributed by atoms with van der Waals surface area (Å²) in [5.74, 6) is 0.364. The van der Waals surface area contributed by atoms with E-state index in [0.29, 0.717) is 11.5 Å². The molecule has 0 aliphatic carbocycles. The lowest BCUT2D eigenvalue weighted by Gasteiger charge is -2.08. The molecular weight excluding hydrogens is 276 g/mol. The van der Waals surface area contributed by atoms with Crippen LogP contribution in [-0.2, 0) is 17.1 Å². The Morgan fingerprint density at radius 1 is 1.39 bits per heavy atom. The van der Waals surface area contributed by atoms with Gasteiger partial charge in [-0.2, -0.15) is 5.10 Å². The van der Waals surface area contributed by atoms with Gasteiger partial charge >= 0.3 is 0 Å². The van der Waals surface area contributed by atoms with Crippen LogP contribution in [0.15, 0.2) is 35.4 Å². The molecule has 1 aromatic heterocycles. The highest BCUT2D eigenvalue weighted by Gasteiger charge is 2.16. The van der Waals surface area contributed by atoms with Crippen molar-refractivity contribution in [3.63, 3.8) is 0 Å². The second-order valence-corrected chi connectivity index (χ2v) is 5.72. The van der Waals surface area contributed by atoms with Crippen LogP contribution in [0.5, 0.6) is 0 Å². The number of rotatable bonds is 3. The van der Waals surface area contributed by atoms with Gasteiger partial charge in [0.25, 0.3) is 10.0 Å². The molecule has 0 unspecified atom stereocenters. The third kappa shape index (κ3) is 2.41. The van der Waals surface area contributed by atoms with Crippen molar-refractivity contribution in [1.82, 2.24) is 9.78 Å². The number of halogens is 1. The fraction of sp³-hybridized carbons (Fsp3) is 0.100. The van der Waals surface area contributed by atoms with Gasteiger partial charge in [0.2, 0.25) is 0 Å². The number of nitrogens with zero attached hydrogens (tertiary/aromatic N) is 2. The molecule has 0 aliphatic rings. The van der Waals surface area contributed by atoms with Crippen LogP contribution in [0.3, 0.4) is 0 Å². The van der Waals surface area contributed by atoms with Gasteiger partial charge in [-0.25, -0.2) is 8.42 Å². The van der Waals surface area contributed by atoms with Crippen LogP contribution in [-0.4, -0.2) is 18.2 Å². The van der Waals surface area contributed by atoms with Gasteiger partial charge in [0, 0.05) is 13.1 Å². The Morgan fingerprint density at radius 3 is 2.67 bits per heavy atom. The summed E-state index contributed by atoms with van der Waals surface area (Å²) in [6.07, 6.45) is 1.49. The van der Waals surface area contributed by atoms with Gasteiger partial charge in [-0.1, -0.05) is 11.6 Å². The number of hydrogen-bond donors (Lipinski definition) is 2. The second kappa shape index (κ2) is 4.51. The van der Waals surface area contributed by atoms with Gasteiger partial charge in [-0.05, 0) is 18.2 Å². The molecule has 96 valence electrons. The van der Waals surface area contributed by atoms with Crippen LogP contribution >= 0.6 is 11.6 Å². The molecule has 3 N–H and O–H groups in total. The van der Waals surface area contributed by atoms with E-state index in [1.807, 2.05) is 0 Å². The Hall–Kier alpha value is -1.73. The maximum atomic E-state index is 12.1. The summed E-state index contributed by atoms with van der Waals surface area (Å²) in [4.78, 5) is 0.0444. The molecule has 0 saturated carbocycles. The standard InChI is InChI=1S/C10H11ClN4O2S/c1-15-10(4-5-13-15)14-18(16,17)7-2-3-9(12)8(11)6-7/h2-6,14H,12H2,1H3. The minimum atomic E-state index is -3.70. The van der Waals surface area contributed by atoms with Crippen LogP contribution in [0.4, 0.5) is 11.5 Å². The number of nitrogens with one attached hydrogen (secondary N) is 1. The third-order valence-electron chi connectivity index (χ3n) is 2.34. The van der Waals surface area contributed by atoms with Crippen molar-refractivity contribution in [3.05, 3.63) is 35.5 Å². The Labute approximate surface area is 109 Å². The van der Waals surface area contributed by atoms with E-state index in [4.69, 9.17) is 17.3 Å². The molecule has 0 aliphatic heterocycles. The molecule has 0 atom stereocenters. The molecule has 1 heterocycles. The number of benzene rings is 1. The predicted octanol–water partition coefficient (Wildman–Crippen LogP) is 1.46. The molecule has 2 aromatic rings. The van der Waals surface area contributed by atoms with E-state index in [2.05, 4.69) is 9.82 Å². The van der Waals surface area contributed by atoms with Crippen LogP contribution in [0.2, 0.25) is 5.02 Å². The van der Waals surface area contributed by atoms with E-state index in [1.54, 1.807) is 13.1 Å². The highest BCUT2D eigenvalue weighted by molar-refractivity contribution is 7.92. The average Bonchev–Trinajstić information content (AvgIpc) is 2.67. The van der Waals surface area contributed by atoms with E-state index in [-0.39, 0.29) is 9.92 Å². The maximum Gasteiger partial charge on any atom is 0.263 e. The smallest absolute Gasteiger partial charge is 0.263 e. The minimum Gasteiger partial charge on any atom is -0.398 e. The Kier molecular flexibility index (Phi) is 3.18. The van der Waals surface area contributed by atoms with Gasteiger partial charge in [-0.3, -0.25) is 9.40 Å². The first-order valence-electron chi connectivity index (χ1n) is 4.96. The molecular formula is C10H11ClN4O2S. The van der Waals surface area contributed by atoms with Crippen molar-refractivity contribution in [2.75, 3.05) is 10.5 Å². The summed E-state index contributed by atoms with van der Waals surface area (Å²) in [5, 5.41) is 4.07. The monoisotopic (exact) mass is 286 g/mol. The number of aryl methyl sites for hydroxylation is 1. The maximum absolute atomic E-state index is 12.1. The molecule has 18 heavy (non-hydrogen) atoms. The number of aromatic nitrogens is 2. The van der Waals surface area contributed by atoms with Crippen LogP contribution in [0.1, 0.15) is 0 Å². The number of sulfonamides is 1. The first-order valence-corrected chi connectivity index (χ1v) is 6.82. The molecule has 2 rings (SSSR count). The average molecular weight is 287 g/mol. The lowest BCUT2D eigenvalue weighted by molar-refractivity contribution is 0.600. The fourth-order valence-electron chi connectivity index (χ4n) is 1.35. The van der Waals surface area contributed by atoms with Crippen molar-refractivity contribution in [1.29, 1.82) is 0 Å². The van der Waals surface area contributed by atoms with E-state index in [1.165, 1.54) is 29.1 Å². The van der Waals surface area contributed by atoms with E-state index in [9.17, 15) is 8.42 Å².